The molecule has 2 rings (SSSR count). The highest BCUT2D eigenvalue weighted by Crippen LogP contribution is 2.27. The van der Waals surface area contributed by atoms with Crippen LogP contribution in [0.5, 0.6) is 5.75 Å². The molecule has 0 saturated carbocycles. The standard InChI is InChI=1S/C16H25N3O2/c1-4-17-16(20)13(2)18-9-11-19(12-10-18)14-7-5-6-8-15(14)21-3/h5-8,13H,4,9-12H2,1-3H3,(H,17,20)/p+1/t13-/m0/s1. The predicted octanol–water partition coefficient (Wildman–Crippen LogP) is -0.0753. The summed E-state index contributed by atoms with van der Waals surface area (Å²) in [6, 6.07) is 8.13. The Kier molecular flexibility index (Phi) is 5.44. The molecule has 1 aromatic rings. The van der Waals surface area contributed by atoms with Gasteiger partial charge in [0.2, 0.25) is 0 Å². The maximum absolute atomic E-state index is 11.9. The maximum atomic E-state index is 11.9. The largest absolute Gasteiger partial charge is 0.495 e. The Morgan fingerprint density at radius 2 is 2.05 bits per heavy atom. The molecule has 1 saturated heterocycles. The van der Waals surface area contributed by atoms with Gasteiger partial charge in [0.05, 0.1) is 39.0 Å². The number of hydrogen-bond acceptors (Lipinski definition) is 3. The highest BCUT2D eigenvalue weighted by Gasteiger charge is 2.29. The van der Waals surface area contributed by atoms with E-state index >= 15 is 0 Å². The Bertz CT molecular complexity index is 470. The van der Waals surface area contributed by atoms with Crippen LogP contribution < -0.4 is 19.9 Å². The van der Waals surface area contributed by atoms with Crippen molar-refractivity contribution >= 4 is 11.6 Å². The number of nitrogens with zero attached hydrogens (tertiary/aromatic N) is 1. The molecule has 1 aliphatic heterocycles. The van der Waals surface area contributed by atoms with Gasteiger partial charge in [-0.2, -0.15) is 0 Å². The van der Waals surface area contributed by atoms with Crippen LogP contribution in [0, 0.1) is 0 Å². The summed E-state index contributed by atoms with van der Waals surface area (Å²) in [5.74, 6) is 1.07. The summed E-state index contributed by atoms with van der Waals surface area (Å²) >= 11 is 0. The molecule has 0 spiro atoms. The van der Waals surface area contributed by atoms with Crippen LogP contribution in [0.2, 0.25) is 0 Å². The lowest BCUT2D eigenvalue weighted by molar-refractivity contribution is -0.914. The number of hydrogen-bond donors (Lipinski definition) is 2. The first kappa shape index (κ1) is 15.6. The average Bonchev–Trinajstić information content (AvgIpc) is 2.54. The first-order chi connectivity index (χ1) is 10.2. The van der Waals surface area contributed by atoms with E-state index in [1.54, 1.807) is 7.11 Å². The van der Waals surface area contributed by atoms with E-state index in [9.17, 15) is 4.79 Å². The third-order valence-electron chi connectivity index (χ3n) is 4.19. The van der Waals surface area contributed by atoms with E-state index in [0.29, 0.717) is 6.54 Å². The Balaban J connectivity index is 1.95. The number of carbonyl (C=O) groups excluding carboxylic acids is 1. The normalized spacial score (nSPS) is 17.4. The lowest BCUT2D eigenvalue weighted by Gasteiger charge is -2.36. The van der Waals surface area contributed by atoms with Gasteiger partial charge < -0.3 is 19.9 Å². The van der Waals surface area contributed by atoms with E-state index in [0.717, 1.165) is 37.6 Å². The van der Waals surface area contributed by atoms with Gasteiger partial charge in [-0.25, -0.2) is 0 Å². The maximum Gasteiger partial charge on any atom is 0.278 e. The second-order valence-corrected chi connectivity index (χ2v) is 5.43. The second-order valence-electron chi connectivity index (χ2n) is 5.43. The highest BCUT2D eigenvalue weighted by atomic mass is 16.5. The van der Waals surface area contributed by atoms with Crippen molar-refractivity contribution in [2.45, 2.75) is 19.9 Å². The van der Waals surface area contributed by atoms with Gasteiger partial charge in [0, 0.05) is 6.54 Å². The monoisotopic (exact) mass is 292 g/mol. The van der Waals surface area contributed by atoms with Gasteiger partial charge >= 0.3 is 0 Å². The molecule has 1 atom stereocenters. The van der Waals surface area contributed by atoms with Crippen LogP contribution in [-0.4, -0.2) is 51.8 Å². The van der Waals surface area contributed by atoms with Crippen LogP contribution in [0.15, 0.2) is 24.3 Å². The number of anilines is 1. The first-order valence-corrected chi connectivity index (χ1v) is 7.67. The van der Waals surface area contributed by atoms with E-state index in [1.165, 1.54) is 4.90 Å². The van der Waals surface area contributed by atoms with Crippen LogP contribution in [-0.2, 0) is 4.79 Å². The van der Waals surface area contributed by atoms with Crippen LogP contribution in [0.25, 0.3) is 0 Å². The number of rotatable bonds is 5. The SMILES string of the molecule is CCNC(=O)[C@H](C)[NH+]1CCN(c2ccccc2OC)CC1. The van der Waals surface area contributed by atoms with Gasteiger partial charge in [-0.05, 0) is 26.0 Å². The Morgan fingerprint density at radius 3 is 2.67 bits per heavy atom. The number of amides is 1. The van der Waals surface area contributed by atoms with Crippen molar-refractivity contribution in [2.75, 3.05) is 44.7 Å². The van der Waals surface area contributed by atoms with Crippen LogP contribution in [0.1, 0.15) is 13.8 Å². The number of likely N-dealkylation sites (N-methyl/N-ethyl adjacent to an activating group) is 1. The van der Waals surface area contributed by atoms with Crippen molar-refractivity contribution in [1.29, 1.82) is 0 Å². The second kappa shape index (κ2) is 7.31. The number of methoxy groups -OCH3 is 1. The zero-order chi connectivity index (χ0) is 15.2. The molecular formula is C16H26N3O2+. The van der Waals surface area contributed by atoms with Gasteiger partial charge in [0.15, 0.2) is 6.04 Å². The van der Waals surface area contributed by atoms with E-state index < -0.39 is 0 Å². The molecule has 1 heterocycles. The lowest BCUT2D eigenvalue weighted by atomic mass is 10.2. The van der Waals surface area contributed by atoms with E-state index in [2.05, 4.69) is 16.3 Å². The Labute approximate surface area is 126 Å². The summed E-state index contributed by atoms with van der Waals surface area (Å²) in [5, 5.41) is 2.91. The van der Waals surface area contributed by atoms with Crippen molar-refractivity contribution in [2.24, 2.45) is 0 Å². The molecule has 5 heteroatoms. The summed E-state index contributed by atoms with van der Waals surface area (Å²) in [5.41, 5.74) is 1.14. The molecule has 1 aliphatic rings. The number of piperazine rings is 1. The minimum absolute atomic E-state index is 0.0183. The van der Waals surface area contributed by atoms with Crippen LogP contribution >= 0.6 is 0 Å². The van der Waals surface area contributed by atoms with E-state index in [4.69, 9.17) is 4.74 Å². The number of benzene rings is 1. The topological polar surface area (TPSA) is 46.0 Å². The van der Waals surface area contributed by atoms with Gasteiger partial charge in [0.25, 0.3) is 5.91 Å². The third-order valence-corrected chi connectivity index (χ3v) is 4.19. The van der Waals surface area contributed by atoms with Gasteiger partial charge in [-0.3, -0.25) is 4.79 Å². The summed E-state index contributed by atoms with van der Waals surface area (Å²) in [6.07, 6.45) is 0. The fourth-order valence-corrected chi connectivity index (χ4v) is 2.87. The van der Waals surface area contributed by atoms with Crippen molar-refractivity contribution < 1.29 is 14.4 Å². The fraction of sp³-hybridized carbons (Fsp3) is 0.562. The number of ether oxygens (including phenoxy) is 1. The fourth-order valence-electron chi connectivity index (χ4n) is 2.87. The average molecular weight is 292 g/mol. The summed E-state index contributed by atoms with van der Waals surface area (Å²) in [6.45, 7) is 8.49. The molecule has 0 bridgehead atoms. The molecule has 0 aromatic heterocycles. The first-order valence-electron chi connectivity index (χ1n) is 7.67. The van der Waals surface area contributed by atoms with Crippen molar-refractivity contribution in [3.63, 3.8) is 0 Å². The highest BCUT2D eigenvalue weighted by molar-refractivity contribution is 5.79. The molecule has 0 radical (unpaired) electrons. The number of carbonyl (C=O) groups is 1. The summed E-state index contributed by atoms with van der Waals surface area (Å²) in [4.78, 5) is 15.6. The van der Waals surface area contributed by atoms with Crippen molar-refractivity contribution in [3.8, 4) is 5.75 Å². The number of nitrogens with one attached hydrogen (secondary N) is 2. The van der Waals surface area contributed by atoms with Crippen molar-refractivity contribution in [1.82, 2.24) is 5.32 Å². The molecular weight excluding hydrogens is 266 g/mol. The zero-order valence-electron chi connectivity index (χ0n) is 13.2. The van der Waals surface area contributed by atoms with Gasteiger partial charge in [-0.15, -0.1) is 0 Å². The predicted molar refractivity (Wildman–Crippen MR) is 84.0 cm³/mol. The molecule has 5 nitrogen and oxygen atoms in total. The van der Waals surface area contributed by atoms with Crippen LogP contribution in [0.3, 0.4) is 0 Å². The quantitative estimate of drug-likeness (QED) is 0.798. The molecule has 0 aliphatic carbocycles. The van der Waals surface area contributed by atoms with E-state index in [-0.39, 0.29) is 11.9 Å². The molecule has 0 unspecified atom stereocenters. The number of para-hydroxylation sites is 2. The Morgan fingerprint density at radius 1 is 1.38 bits per heavy atom. The summed E-state index contributed by atoms with van der Waals surface area (Å²) < 4.78 is 5.43. The molecule has 2 N–H and O–H groups in total. The van der Waals surface area contributed by atoms with E-state index in [1.807, 2.05) is 32.0 Å². The molecule has 21 heavy (non-hydrogen) atoms. The number of quaternary nitrogens is 1. The smallest absolute Gasteiger partial charge is 0.278 e. The minimum atomic E-state index is 0.0183. The minimum Gasteiger partial charge on any atom is -0.495 e. The van der Waals surface area contributed by atoms with Gasteiger partial charge in [0.1, 0.15) is 5.75 Å². The van der Waals surface area contributed by atoms with Crippen molar-refractivity contribution in [3.05, 3.63) is 24.3 Å². The summed E-state index contributed by atoms with van der Waals surface area (Å²) in [7, 11) is 1.71. The van der Waals surface area contributed by atoms with Crippen LogP contribution in [0.4, 0.5) is 5.69 Å². The lowest BCUT2D eigenvalue weighted by Crippen LogP contribution is -3.19. The molecule has 1 fully saturated rings. The van der Waals surface area contributed by atoms with Gasteiger partial charge in [-0.1, -0.05) is 12.1 Å². The molecule has 116 valence electrons. The zero-order valence-corrected chi connectivity index (χ0v) is 13.2. The Hall–Kier alpha value is -1.75. The molecule has 1 amide bonds. The molecule has 1 aromatic carbocycles. The third kappa shape index (κ3) is 3.67.